The SMILES string of the molecule is CC(C)(C)OC(=O)C[C@@H]1CS[C@@H](c2ccccc2)C12C(=O)c1ccccc1C2=O. The van der Waals surface area contributed by atoms with Crippen LogP contribution in [0.5, 0.6) is 0 Å². The molecule has 1 spiro atoms. The summed E-state index contributed by atoms with van der Waals surface area (Å²) in [5.74, 6) is -0.534. The molecule has 4 rings (SSSR count). The summed E-state index contributed by atoms with van der Waals surface area (Å²) in [5.41, 5.74) is 0.0117. The number of rotatable bonds is 3. The summed E-state index contributed by atoms with van der Waals surface area (Å²) in [6, 6.07) is 16.7. The molecule has 2 aromatic carbocycles. The maximum Gasteiger partial charge on any atom is 0.306 e. The second-order valence-corrected chi connectivity index (χ2v) is 9.82. The highest BCUT2D eigenvalue weighted by Gasteiger charge is 2.65. The molecule has 1 aliphatic heterocycles. The van der Waals surface area contributed by atoms with Gasteiger partial charge in [0.05, 0.1) is 11.7 Å². The molecule has 29 heavy (non-hydrogen) atoms. The Bertz CT molecular complexity index is 939. The number of benzene rings is 2. The van der Waals surface area contributed by atoms with E-state index in [4.69, 9.17) is 4.74 Å². The second-order valence-electron chi connectivity index (χ2n) is 8.68. The summed E-state index contributed by atoms with van der Waals surface area (Å²) in [6.07, 6.45) is 0.0546. The fourth-order valence-electron chi connectivity index (χ4n) is 4.52. The highest BCUT2D eigenvalue weighted by atomic mass is 32.2. The fraction of sp³-hybridized carbons (Fsp3) is 0.375. The molecule has 1 saturated heterocycles. The first kappa shape index (κ1) is 19.9. The number of fused-ring (bicyclic) bond motifs is 1. The van der Waals surface area contributed by atoms with Gasteiger partial charge in [-0.15, -0.1) is 0 Å². The highest BCUT2D eigenvalue weighted by molar-refractivity contribution is 7.99. The van der Waals surface area contributed by atoms with E-state index in [0.29, 0.717) is 16.9 Å². The maximum absolute atomic E-state index is 13.7. The first-order chi connectivity index (χ1) is 13.7. The van der Waals surface area contributed by atoms with Crippen LogP contribution in [0.3, 0.4) is 0 Å². The van der Waals surface area contributed by atoms with Crippen LogP contribution in [0.2, 0.25) is 0 Å². The summed E-state index contributed by atoms with van der Waals surface area (Å²) in [7, 11) is 0. The molecule has 0 saturated carbocycles. The van der Waals surface area contributed by atoms with Crippen molar-refractivity contribution in [2.24, 2.45) is 11.3 Å². The van der Waals surface area contributed by atoms with E-state index in [-0.39, 0.29) is 29.2 Å². The van der Waals surface area contributed by atoms with Gasteiger partial charge in [0.1, 0.15) is 11.0 Å². The van der Waals surface area contributed by atoms with Crippen molar-refractivity contribution in [3.8, 4) is 0 Å². The van der Waals surface area contributed by atoms with Crippen molar-refractivity contribution in [3.63, 3.8) is 0 Å². The molecule has 0 N–H and O–H groups in total. The van der Waals surface area contributed by atoms with Gasteiger partial charge in [-0.1, -0.05) is 54.6 Å². The van der Waals surface area contributed by atoms with Crippen LogP contribution in [0.25, 0.3) is 0 Å². The molecule has 1 heterocycles. The molecule has 2 aliphatic rings. The van der Waals surface area contributed by atoms with Crippen LogP contribution in [0, 0.1) is 11.3 Å². The normalized spacial score (nSPS) is 22.7. The Balaban J connectivity index is 1.79. The van der Waals surface area contributed by atoms with Gasteiger partial charge in [-0.3, -0.25) is 14.4 Å². The van der Waals surface area contributed by atoms with Gasteiger partial charge in [0.25, 0.3) is 0 Å². The Labute approximate surface area is 175 Å². The molecular weight excluding hydrogens is 384 g/mol. The molecule has 2 atom stereocenters. The molecule has 1 fully saturated rings. The summed E-state index contributed by atoms with van der Waals surface area (Å²) < 4.78 is 5.52. The predicted octanol–water partition coefficient (Wildman–Crippen LogP) is 4.89. The van der Waals surface area contributed by atoms with Crippen LogP contribution < -0.4 is 0 Å². The summed E-state index contributed by atoms with van der Waals surface area (Å²) in [5, 5.41) is -0.316. The standard InChI is InChI=1S/C24H24O4S/c1-23(2,3)28-19(25)13-16-14-29-22(15-9-5-4-6-10-15)24(16)20(26)17-11-7-8-12-18(17)21(24)27/h4-12,16,22H,13-14H2,1-3H3/t16-,22+/m1/s1. The van der Waals surface area contributed by atoms with Gasteiger partial charge < -0.3 is 4.74 Å². The Morgan fingerprint density at radius 1 is 1.00 bits per heavy atom. The Kier molecular flexibility index (Phi) is 4.89. The number of carbonyl (C=O) groups is 3. The number of hydrogen-bond donors (Lipinski definition) is 0. The molecule has 150 valence electrons. The number of ether oxygens (including phenoxy) is 1. The van der Waals surface area contributed by atoms with Gasteiger partial charge in [0, 0.05) is 17.0 Å². The van der Waals surface area contributed by atoms with Crippen molar-refractivity contribution in [3.05, 3.63) is 71.3 Å². The van der Waals surface area contributed by atoms with Gasteiger partial charge in [0.2, 0.25) is 0 Å². The molecule has 0 unspecified atom stereocenters. The zero-order valence-corrected chi connectivity index (χ0v) is 17.6. The number of carbonyl (C=O) groups excluding carboxylic acids is 3. The summed E-state index contributed by atoms with van der Waals surface area (Å²) in [6.45, 7) is 5.45. The number of thioether (sulfide) groups is 1. The first-order valence-corrected chi connectivity index (χ1v) is 10.9. The zero-order chi connectivity index (χ0) is 20.8. The van der Waals surface area contributed by atoms with Gasteiger partial charge in [-0.05, 0) is 32.1 Å². The summed E-state index contributed by atoms with van der Waals surface area (Å²) in [4.78, 5) is 40.0. The van der Waals surface area contributed by atoms with Gasteiger partial charge in [-0.25, -0.2) is 0 Å². The molecule has 0 aromatic heterocycles. The minimum Gasteiger partial charge on any atom is -0.460 e. The molecule has 0 bridgehead atoms. The average molecular weight is 409 g/mol. The van der Waals surface area contributed by atoms with Crippen LogP contribution in [0.4, 0.5) is 0 Å². The average Bonchev–Trinajstić information content (AvgIpc) is 3.15. The van der Waals surface area contributed by atoms with E-state index in [1.54, 1.807) is 36.0 Å². The van der Waals surface area contributed by atoms with E-state index in [0.717, 1.165) is 5.56 Å². The molecular formula is C24H24O4S. The summed E-state index contributed by atoms with van der Waals surface area (Å²) >= 11 is 1.59. The molecule has 0 radical (unpaired) electrons. The van der Waals surface area contributed by atoms with E-state index in [1.807, 2.05) is 51.1 Å². The smallest absolute Gasteiger partial charge is 0.306 e. The lowest BCUT2D eigenvalue weighted by Crippen LogP contribution is -2.43. The Morgan fingerprint density at radius 2 is 1.55 bits per heavy atom. The van der Waals surface area contributed by atoms with E-state index >= 15 is 0 Å². The third-order valence-corrected chi connectivity index (χ3v) is 7.20. The lowest BCUT2D eigenvalue weighted by molar-refractivity contribution is -0.156. The number of ketones is 2. The van der Waals surface area contributed by atoms with Crippen LogP contribution in [0.1, 0.15) is 58.7 Å². The second kappa shape index (κ2) is 7.13. The lowest BCUT2D eigenvalue weighted by atomic mass is 9.67. The van der Waals surface area contributed by atoms with Crippen LogP contribution >= 0.6 is 11.8 Å². The van der Waals surface area contributed by atoms with Crippen molar-refractivity contribution in [2.45, 2.75) is 38.0 Å². The lowest BCUT2D eigenvalue weighted by Gasteiger charge is -2.33. The van der Waals surface area contributed by atoms with E-state index in [2.05, 4.69) is 0 Å². The van der Waals surface area contributed by atoms with E-state index < -0.39 is 16.9 Å². The van der Waals surface area contributed by atoms with Crippen molar-refractivity contribution in [1.82, 2.24) is 0 Å². The zero-order valence-electron chi connectivity index (χ0n) is 16.8. The van der Waals surface area contributed by atoms with Crippen LogP contribution in [-0.4, -0.2) is 28.9 Å². The topological polar surface area (TPSA) is 60.4 Å². The quantitative estimate of drug-likeness (QED) is 0.535. The minimum absolute atomic E-state index is 0.0546. The molecule has 2 aromatic rings. The first-order valence-electron chi connectivity index (χ1n) is 9.82. The van der Waals surface area contributed by atoms with Crippen molar-refractivity contribution in [1.29, 1.82) is 0 Å². The number of esters is 1. The van der Waals surface area contributed by atoms with Gasteiger partial charge in [0.15, 0.2) is 11.6 Å². The molecule has 5 heteroatoms. The van der Waals surface area contributed by atoms with Gasteiger partial charge in [-0.2, -0.15) is 11.8 Å². The van der Waals surface area contributed by atoms with E-state index in [9.17, 15) is 14.4 Å². The third-order valence-electron chi connectivity index (χ3n) is 5.62. The Morgan fingerprint density at radius 3 is 2.10 bits per heavy atom. The monoisotopic (exact) mass is 408 g/mol. The number of Topliss-reactive ketones (excluding diaryl/α,β-unsaturated/α-hetero) is 2. The minimum atomic E-state index is -1.26. The fourth-order valence-corrected chi connectivity index (χ4v) is 6.34. The Hall–Kier alpha value is -2.40. The largest absolute Gasteiger partial charge is 0.460 e. The van der Waals surface area contributed by atoms with Crippen molar-refractivity contribution >= 4 is 29.3 Å². The molecule has 0 amide bonds. The molecule has 1 aliphatic carbocycles. The maximum atomic E-state index is 13.7. The third kappa shape index (κ3) is 3.21. The van der Waals surface area contributed by atoms with Gasteiger partial charge >= 0.3 is 5.97 Å². The number of hydrogen-bond acceptors (Lipinski definition) is 5. The van der Waals surface area contributed by atoms with Crippen molar-refractivity contribution < 1.29 is 19.1 Å². The molecule has 4 nitrogen and oxygen atoms in total. The van der Waals surface area contributed by atoms with E-state index in [1.165, 1.54) is 0 Å². The predicted molar refractivity (Wildman–Crippen MR) is 113 cm³/mol. The van der Waals surface area contributed by atoms with Crippen LogP contribution in [0.15, 0.2) is 54.6 Å². The van der Waals surface area contributed by atoms with Crippen LogP contribution in [-0.2, 0) is 9.53 Å². The van der Waals surface area contributed by atoms with Crippen molar-refractivity contribution in [2.75, 3.05) is 5.75 Å². The highest BCUT2D eigenvalue weighted by Crippen LogP contribution is 2.62.